The molecule has 172 valence electrons. The van der Waals surface area contributed by atoms with Gasteiger partial charge in [0, 0.05) is 44.1 Å². The molecule has 0 spiro atoms. The predicted molar refractivity (Wildman–Crippen MR) is 143 cm³/mol. The van der Waals surface area contributed by atoms with Gasteiger partial charge in [0.1, 0.15) is 0 Å². The highest BCUT2D eigenvalue weighted by atomic mass is 127. The van der Waals surface area contributed by atoms with Gasteiger partial charge < -0.3 is 24.9 Å². The SMILES string of the molecule is CN=C(NCCCn1ccc2ccccc21)NCc1cccc(NC(=O)c2ccco2)c1.I. The van der Waals surface area contributed by atoms with E-state index >= 15 is 0 Å². The minimum Gasteiger partial charge on any atom is -0.459 e. The van der Waals surface area contributed by atoms with E-state index < -0.39 is 0 Å². The van der Waals surface area contributed by atoms with E-state index in [1.54, 1.807) is 19.2 Å². The Kier molecular flexibility index (Phi) is 8.94. The van der Waals surface area contributed by atoms with E-state index in [0.717, 1.165) is 31.0 Å². The maximum Gasteiger partial charge on any atom is 0.291 e. The van der Waals surface area contributed by atoms with E-state index in [1.165, 1.54) is 17.2 Å². The molecule has 33 heavy (non-hydrogen) atoms. The van der Waals surface area contributed by atoms with Gasteiger partial charge in [-0.15, -0.1) is 24.0 Å². The monoisotopic (exact) mass is 557 g/mol. The van der Waals surface area contributed by atoms with Crippen molar-refractivity contribution in [2.24, 2.45) is 4.99 Å². The van der Waals surface area contributed by atoms with Crippen molar-refractivity contribution in [2.45, 2.75) is 19.5 Å². The fraction of sp³-hybridized carbons (Fsp3) is 0.200. The van der Waals surface area contributed by atoms with Crippen LogP contribution in [0.3, 0.4) is 0 Å². The second-order valence-electron chi connectivity index (χ2n) is 7.41. The Morgan fingerprint density at radius 1 is 1.03 bits per heavy atom. The van der Waals surface area contributed by atoms with Gasteiger partial charge in [-0.2, -0.15) is 0 Å². The third-order valence-electron chi connectivity index (χ3n) is 5.16. The minimum atomic E-state index is -0.270. The summed E-state index contributed by atoms with van der Waals surface area (Å²) in [5, 5.41) is 10.8. The normalized spacial score (nSPS) is 11.1. The molecule has 8 heteroatoms. The van der Waals surface area contributed by atoms with Gasteiger partial charge >= 0.3 is 0 Å². The largest absolute Gasteiger partial charge is 0.459 e. The number of guanidine groups is 1. The Morgan fingerprint density at radius 2 is 1.91 bits per heavy atom. The van der Waals surface area contributed by atoms with Gasteiger partial charge in [0.25, 0.3) is 5.91 Å². The predicted octanol–water partition coefficient (Wildman–Crippen LogP) is 4.86. The van der Waals surface area contributed by atoms with Crippen LogP contribution in [-0.2, 0) is 13.1 Å². The van der Waals surface area contributed by atoms with E-state index in [4.69, 9.17) is 4.42 Å². The molecule has 2 aromatic carbocycles. The first-order valence-corrected chi connectivity index (χ1v) is 10.6. The van der Waals surface area contributed by atoms with Crippen molar-refractivity contribution < 1.29 is 9.21 Å². The highest BCUT2D eigenvalue weighted by molar-refractivity contribution is 14.0. The summed E-state index contributed by atoms with van der Waals surface area (Å²) in [4.78, 5) is 16.4. The number of nitrogens with one attached hydrogen (secondary N) is 3. The van der Waals surface area contributed by atoms with Crippen LogP contribution < -0.4 is 16.0 Å². The summed E-state index contributed by atoms with van der Waals surface area (Å²) in [5.74, 6) is 0.756. The Balaban J connectivity index is 0.00000306. The number of aromatic nitrogens is 1. The Labute approximate surface area is 210 Å². The summed E-state index contributed by atoms with van der Waals surface area (Å²) in [6, 6.07) is 21.6. The molecule has 0 saturated carbocycles. The minimum absolute atomic E-state index is 0. The molecule has 0 saturated heterocycles. The van der Waals surface area contributed by atoms with E-state index in [-0.39, 0.29) is 35.6 Å². The van der Waals surface area contributed by atoms with Crippen molar-refractivity contribution in [3.05, 3.63) is 90.5 Å². The number of hydrogen-bond donors (Lipinski definition) is 3. The number of carbonyl (C=O) groups is 1. The standard InChI is InChI=1S/C25H27N5O2.HI/c1-26-25(27-13-6-14-30-15-12-20-8-2-3-10-22(20)30)28-18-19-7-4-9-21(17-19)29-24(31)23-11-5-16-32-23;/h2-5,7-12,15-17H,6,13-14,18H2,1H3,(H,29,31)(H2,26,27,28);1H. The smallest absolute Gasteiger partial charge is 0.291 e. The van der Waals surface area contributed by atoms with Crippen LogP contribution in [0.25, 0.3) is 10.9 Å². The molecule has 0 aliphatic rings. The van der Waals surface area contributed by atoms with Crippen LogP contribution in [0.2, 0.25) is 0 Å². The number of benzene rings is 2. The van der Waals surface area contributed by atoms with Gasteiger partial charge in [0.15, 0.2) is 11.7 Å². The number of halogens is 1. The summed E-state index contributed by atoms with van der Waals surface area (Å²) in [6.07, 6.45) is 4.59. The van der Waals surface area contributed by atoms with Crippen LogP contribution >= 0.6 is 24.0 Å². The van der Waals surface area contributed by atoms with E-state index in [0.29, 0.717) is 12.2 Å². The number of para-hydroxylation sites is 1. The molecular weight excluding hydrogens is 529 g/mol. The van der Waals surface area contributed by atoms with Crippen LogP contribution in [-0.4, -0.2) is 30.0 Å². The molecule has 4 aromatic rings. The van der Waals surface area contributed by atoms with E-state index in [9.17, 15) is 4.79 Å². The first-order chi connectivity index (χ1) is 15.7. The van der Waals surface area contributed by atoms with Gasteiger partial charge in [-0.05, 0) is 53.8 Å². The van der Waals surface area contributed by atoms with Crippen LogP contribution in [0.4, 0.5) is 5.69 Å². The van der Waals surface area contributed by atoms with Gasteiger partial charge in [0.2, 0.25) is 0 Å². The lowest BCUT2D eigenvalue weighted by Crippen LogP contribution is -2.37. The molecule has 2 heterocycles. The molecule has 0 radical (unpaired) electrons. The average Bonchev–Trinajstić information content (AvgIpc) is 3.50. The molecule has 0 fully saturated rings. The molecule has 3 N–H and O–H groups in total. The van der Waals surface area contributed by atoms with Crippen LogP contribution in [0.15, 0.2) is 88.6 Å². The summed E-state index contributed by atoms with van der Waals surface area (Å²) >= 11 is 0. The van der Waals surface area contributed by atoms with E-state index in [1.807, 2.05) is 24.3 Å². The molecule has 0 aliphatic carbocycles. The Bertz CT molecular complexity index is 1200. The van der Waals surface area contributed by atoms with Crippen molar-refractivity contribution >= 4 is 52.4 Å². The first kappa shape index (κ1) is 24.4. The number of hydrogen-bond acceptors (Lipinski definition) is 3. The van der Waals surface area contributed by atoms with Gasteiger partial charge in [-0.1, -0.05) is 30.3 Å². The van der Waals surface area contributed by atoms with Crippen molar-refractivity contribution in [1.82, 2.24) is 15.2 Å². The number of rotatable bonds is 8. The Hall–Kier alpha value is -3.27. The fourth-order valence-electron chi connectivity index (χ4n) is 3.56. The molecule has 7 nitrogen and oxygen atoms in total. The molecule has 0 unspecified atom stereocenters. The molecule has 4 rings (SSSR count). The summed E-state index contributed by atoms with van der Waals surface area (Å²) in [5.41, 5.74) is 3.01. The number of furan rings is 1. The van der Waals surface area contributed by atoms with Crippen molar-refractivity contribution in [1.29, 1.82) is 0 Å². The summed E-state index contributed by atoms with van der Waals surface area (Å²) in [7, 11) is 1.76. The molecule has 1 amide bonds. The van der Waals surface area contributed by atoms with Crippen molar-refractivity contribution in [3.8, 4) is 0 Å². The van der Waals surface area contributed by atoms with Crippen LogP contribution in [0.5, 0.6) is 0 Å². The lowest BCUT2D eigenvalue weighted by Gasteiger charge is -2.13. The quantitative estimate of drug-likeness (QED) is 0.125. The Morgan fingerprint density at radius 3 is 2.73 bits per heavy atom. The number of nitrogens with zero attached hydrogens (tertiary/aromatic N) is 2. The highest BCUT2D eigenvalue weighted by Gasteiger charge is 2.09. The molecule has 0 atom stereocenters. The molecule has 0 aliphatic heterocycles. The molecule has 0 bridgehead atoms. The average molecular weight is 557 g/mol. The lowest BCUT2D eigenvalue weighted by molar-refractivity contribution is 0.0996. The molecule has 2 aromatic heterocycles. The number of amides is 1. The zero-order valence-electron chi connectivity index (χ0n) is 18.5. The maximum absolute atomic E-state index is 12.2. The number of carbonyl (C=O) groups excluding carboxylic acids is 1. The second kappa shape index (κ2) is 12.1. The van der Waals surface area contributed by atoms with Crippen LogP contribution in [0, 0.1) is 0 Å². The maximum atomic E-state index is 12.2. The number of fused-ring (bicyclic) bond motifs is 1. The second-order valence-corrected chi connectivity index (χ2v) is 7.41. The van der Waals surface area contributed by atoms with Gasteiger partial charge in [0.05, 0.1) is 6.26 Å². The van der Waals surface area contributed by atoms with Crippen molar-refractivity contribution in [3.63, 3.8) is 0 Å². The molecular formula is C25H28IN5O2. The lowest BCUT2D eigenvalue weighted by atomic mass is 10.2. The number of aliphatic imine (C=N–C) groups is 1. The van der Waals surface area contributed by atoms with Gasteiger partial charge in [-0.3, -0.25) is 9.79 Å². The topological polar surface area (TPSA) is 83.6 Å². The zero-order chi connectivity index (χ0) is 22.2. The number of anilines is 1. The van der Waals surface area contributed by atoms with Gasteiger partial charge in [-0.25, -0.2) is 0 Å². The number of aryl methyl sites for hydroxylation is 1. The fourth-order valence-corrected chi connectivity index (χ4v) is 3.56. The van der Waals surface area contributed by atoms with E-state index in [2.05, 4.69) is 62.0 Å². The zero-order valence-corrected chi connectivity index (χ0v) is 20.8. The van der Waals surface area contributed by atoms with Crippen LogP contribution in [0.1, 0.15) is 22.5 Å². The third-order valence-corrected chi connectivity index (χ3v) is 5.16. The summed E-state index contributed by atoms with van der Waals surface area (Å²) < 4.78 is 7.41. The third kappa shape index (κ3) is 6.61. The highest BCUT2D eigenvalue weighted by Crippen LogP contribution is 2.15. The van der Waals surface area contributed by atoms with Crippen molar-refractivity contribution in [2.75, 3.05) is 18.9 Å². The first-order valence-electron chi connectivity index (χ1n) is 10.6. The summed E-state index contributed by atoms with van der Waals surface area (Å²) in [6.45, 7) is 2.34.